The highest BCUT2D eigenvalue weighted by Crippen LogP contribution is 2.29. The van der Waals surface area contributed by atoms with Crippen LogP contribution in [0.25, 0.3) is 0 Å². The summed E-state index contributed by atoms with van der Waals surface area (Å²) in [6.45, 7) is 8.86. The largest absolute Gasteiger partial charge is 0.490 e. The van der Waals surface area contributed by atoms with E-state index in [1.807, 2.05) is 51.1 Å². The van der Waals surface area contributed by atoms with Gasteiger partial charge in [0, 0.05) is 41.8 Å². The van der Waals surface area contributed by atoms with Gasteiger partial charge in [-0.3, -0.25) is 4.79 Å². The van der Waals surface area contributed by atoms with Crippen LogP contribution in [0.2, 0.25) is 0 Å². The predicted octanol–water partition coefficient (Wildman–Crippen LogP) is 5.18. The first-order valence-corrected chi connectivity index (χ1v) is 11.7. The van der Waals surface area contributed by atoms with Crippen LogP contribution in [0, 0.1) is 6.92 Å². The van der Waals surface area contributed by atoms with Gasteiger partial charge in [0.25, 0.3) is 5.91 Å². The first-order valence-electron chi connectivity index (χ1n) is 11.7. The van der Waals surface area contributed by atoms with Crippen molar-refractivity contribution in [2.75, 3.05) is 41.8 Å². The summed E-state index contributed by atoms with van der Waals surface area (Å²) < 4.78 is 11.2. The van der Waals surface area contributed by atoms with Crippen LogP contribution in [-0.2, 0) is 0 Å². The van der Waals surface area contributed by atoms with Crippen LogP contribution in [-0.4, -0.2) is 42.2 Å². The first-order chi connectivity index (χ1) is 16.6. The van der Waals surface area contributed by atoms with Gasteiger partial charge >= 0.3 is 0 Å². The average molecular weight is 462 g/mol. The molecule has 1 fully saturated rings. The van der Waals surface area contributed by atoms with Crippen LogP contribution >= 0.6 is 0 Å². The highest BCUT2D eigenvalue weighted by molar-refractivity contribution is 6.04. The standard InChI is InChI=1S/C26H31N5O3/c1-4-33-22-13-8-19(17-23(22)34-5-2)25(32)28-20-9-11-21(12-10-20)29-26-27-18(3)16-24(30-26)31-14-6-7-15-31/h8-13,16-17H,4-7,14-15H2,1-3H3,(H,28,32)(H,27,29,30). The van der Waals surface area contributed by atoms with Gasteiger partial charge in [-0.1, -0.05) is 0 Å². The van der Waals surface area contributed by atoms with Crippen molar-refractivity contribution in [2.24, 2.45) is 0 Å². The number of nitrogens with zero attached hydrogens (tertiary/aromatic N) is 3. The third kappa shape index (κ3) is 5.75. The van der Waals surface area contributed by atoms with E-state index in [0.29, 0.717) is 41.9 Å². The molecule has 0 bridgehead atoms. The lowest BCUT2D eigenvalue weighted by atomic mass is 10.1. The third-order valence-corrected chi connectivity index (χ3v) is 5.48. The third-order valence-electron chi connectivity index (χ3n) is 5.48. The quantitative estimate of drug-likeness (QED) is 0.454. The molecule has 0 radical (unpaired) electrons. The second-order valence-electron chi connectivity index (χ2n) is 8.07. The van der Waals surface area contributed by atoms with E-state index >= 15 is 0 Å². The second kappa shape index (κ2) is 10.9. The lowest BCUT2D eigenvalue weighted by Crippen LogP contribution is -2.19. The minimum atomic E-state index is -0.220. The Morgan fingerprint density at radius 3 is 2.29 bits per heavy atom. The van der Waals surface area contributed by atoms with Crippen molar-refractivity contribution in [3.8, 4) is 11.5 Å². The Morgan fingerprint density at radius 2 is 1.59 bits per heavy atom. The molecule has 34 heavy (non-hydrogen) atoms. The van der Waals surface area contributed by atoms with Crippen molar-refractivity contribution >= 4 is 29.0 Å². The molecule has 1 aliphatic heterocycles. The molecule has 2 N–H and O–H groups in total. The zero-order chi connectivity index (χ0) is 23.9. The van der Waals surface area contributed by atoms with Crippen molar-refractivity contribution in [1.29, 1.82) is 0 Å². The Labute approximate surface area is 200 Å². The molecular weight excluding hydrogens is 430 g/mol. The van der Waals surface area contributed by atoms with E-state index in [9.17, 15) is 4.79 Å². The van der Waals surface area contributed by atoms with Crippen molar-refractivity contribution in [2.45, 2.75) is 33.6 Å². The number of anilines is 4. The number of carbonyl (C=O) groups is 1. The molecule has 1 saturated heterocycles. The zero-order valence-electron chi connectivity index (χ0n) is 19.9. The molecule has 0 saturated carbocycles. The molecule has 0 spiro atoms. The van der Waals surface area contributed by atoms with Crippen LogP contribution < -0.4 is 25.0 Å². The molecule has 8 heteroatoms. The van der Waals surface area contributed by atoms with E-state index in [2.05, 4.69) is 25.5 Å². The Kier molecular flexibility index (Phi) is 7.47. The number of hydrogen-bond acceptors (Lipinski definition) is 7. The van der Waals surface area contributed by atoms with E-state index in [0.717, 1.165) is 30.3 Å². The number of amides is 1. The summed E-state index contributed by atoms with van der Waals surface area (Å²) in [4.78, 5) is 24.2. The van der Waals surface area contributed by atoms with Gasteiger partial charge in [0.2, 0.25) is 5.95 Å². The lowest BCUT2D eigenvalue weighted by molar-refractivity contribution is 0.102. The fraction of sp³-hybridized carbons (Fsp3) is 0.346. The number of benzene rings is 2. The minimum absolute atomic E-state index is 0.220. The number of aromatic nitrogens is 2. The molecule has 3 aromatic rings. The fourth-order valence-electron chi connectivity index (χ4n) is 3.88. The number of carbonyl (C=O) groups excluding carboxylic acids is 1. The number of nitrogens with one attached hydrogen (secondary N) is 2. The SMILES string of the molecule is CCOc1ccc(C(=O)Nc2ccc(Nc3nc(C)cc(N4CCCC4)n3)cc2)cc1OCC. The van der Waals surface area contributed by atoms with Gasteiger partial charge in [0.05, 0.1) is 13.2 Å². The summed E-state index contributed by atoms with van der Waals surface area (Å²) in [5.41, 5.74) is 2.95. The molecule has 2 aromatic carbocycles. The van der Waals surface area contributed by atoms with Crippen molar-refractivity contribution < 1.29 is 14.3 Å². The maximum atomic E-state index is 12.8. The van der Waals surface area contributed by atoms with E-state index in [4.69, 9.17) is 9.47 Å². The summed E-state index contributed by atoms with van der Waals surface area (Å²) in [7, 11) is 0. The molecule has 178 valence electrons. The van der Waals surface area contributed by atoms with Gasteiger partial charge < -0.3 is 25.0 Å². The molecule has 1 aliphatic rings. The van der Waals surface area contributed by atoms with Gasteiger partial charge in [0.15, 0.2) is 11.5 Å². The van der Waals surface area contributed by atoms with Crippen LogP contribution in [0.4, 0.5) is 23.1 Å². The van der Waals surface area contributed by atoms with Crippen molar-refractivity contribution in [3.63, 3.8) is 0 Å². The summed E-state index contributed by atoms with van der Waals surface area (Å²) in [6, 6.07) is 14.7. The van der Waals surface area contributed by atoms with Crippen molar-refractivity contribution in [1.82, 2.24) is 9.97 Å². The van der Waals surface area contributed by atoms with Gasteiger partial charge in [-0.15, -0.1) is 0 Å². The molecule has 0 aliphatic carbocycles. The maximum Gasteiger partial charge on any atom is 0.255 e. The van der Waals surface area contributed by atoms with E-state index in [-0.39, 0.29) is 5.91 Å². The predicted molar refractivity (Wildman–Crippen MR) is 135 cm³/mol. The summed E-state index contributed by atoms with van der Waals surface area (Å²) in [6.07, 6.45) is 2.39. The molecule has 8 nitrogen and oxygen atoms in total. The summed E-state index contributed by atoms with van der Waals surface area (Å²) in [5.74, 6) is 2.49. The molecule has 1 amide bonds. The average Bonchev–Trinajstić information content (AvgIpc) is 3.37. The van der Waals surface area contributed by atoms with Gasteiger partial charge in [-0.25, -0.2) is 4.98 Å². The molecular formula is C26H31N5O3. The van der Waals surface area contributed by atoms with Crippen molar-refractivity contribution in [3.05, 3.63) is 59.8 Å². The second-order valence-corrected chi connectivity index (χ2v) is 8.07. The maximum absolute atomic E-state index is 12.8. The smallest absolute Gasteiger partial charge is 0.255 e. The minimum Gasteiger partial charge on any atom is -0.490 e. The summed E-state index contributed by atoms with van der Waals surface area (Å²) >= 11 is 0. The first kappa shape index (κ1) is 23.4. The lowest BCUT2D eigenvalue weighted by Gasteiger charge is -2.17. The molecule has 0 atom stereocenters. The number of aryl methyl sites for hydroxylation is 1. The molecule has 4 rings (SSSR count). The topological polar surface area (TPSA) is 88.6 Å². The molecule has 1 aromatic heterocycles. The fourth-order valence-corrected chi connectivity index (χ4v) is 3.88. The highest BCUT2D eigenvalue weighted by atomic mass is 16.5. The summed E-state index contributed by atoms with van der Waals surface area (Å²) in [5, 5.41) is 6.19. The van der Waals surface area contributed by atoms with Crippen LogP contribution in [0.5, 0.6) is 11.5 Å². The van der Waals surface area contributed by atoms with Crippen LogP contribution in [0.15, 0.2) is 48.5 Å². The van der Waals surface area contributed by atoms with Gasteiger partial charge in [-0.2, -0.15) is 4.98 Å². The zero-order valence-corrected chi connectivity index (χ0v) is 19.9. The Bertz CT molecular complexity index is 1130. The number of ether oxygens (including phenoxy) is 2. The number of rotatable bonds is 9. The number of hydrogen-bond donors (Lipinski definition) is 2. The van der Waals surface area contributed by atoms with Gasteiger partial charge in [0.1, 0.15) is 5.82 Å². The Balaban J connectivity index is 1.42. The van der Waals surface area contributed by atoms with E-state index in [1.165, 1.54) is 12.8 Å². The Hall–Kier alpha value is -3.81. The van der Waals surface area contributed by atoms with E-state index in [1.54, 1.807) is 18.2 Å². The Morgan fingerprint density at radius 1 is 0.912 bits per heavy atom. The normalized spacial score (nSPS) is 13.0. The van der Waals surface area contributed by atoms with Gasteiger partial charge in [-0.05, 0) is 76.1 Å². The molecule has 2 heterocycles. The monoisotopic (exact) mass is 461 g/mol. The van der Waals surface area contributed by atoms with E-state index < -0.39 is 0 Å². The van der Waals surface area contributed by atoms with Crippen LogP contribution in [0.3, 0.4) is 0 Å². The highest BCUT2D eigenvalue weighted by Gasteiger charge is 2.15. The molecule has 0 unspecified atom stereocenters. The van der Waals surface area contributed by atoms with Crippen LogP contribution in [0.1, 0.15) is 42.7 Å².